The Morgan fingerprint density at radius 1 is 1.44 bits per heavy atom. The van der Waals surface area contributed by atoms with Gasteiger partial charge in [-0.05, 0) is 25.3 Å². The molecule has 2 aliphatic rings. The number of pyridine rings is 1. The Labute approximate surface area is 92.6 Å². The molecule has 3 heterocycles. The van der Waals surface area contributed by atoms with Gasteiger partial charge in [0.05, 0.1) is 24.3 Å². The van der Waals surface area contributed by atoms with Gasteiger partial charge in [-0.1, -0.05) is 0 Å². The van der Waals surface area contributed by atoms with Crippen molar-refractivity contribution >= 4 is 5.78 Å². The number of halogens is 1. The highest BCUT2D eigenvalue weighted by molar-refractivity contribution is 5.98. The third-order valence-electron chi connectivity index (χ3n) is 3.43. The predicted molar refractivity (Wildman–Crippen MR) is 54.5 cm³/mol. The number of fused-ring (bicyclic) bond motifs is 2. The molecule has 2 bridgehead atoms. The number of ether oxygens (including phenoxy) is 1. The van der Waals surface area contributed by atoms with Crippen LogP contribution < -0.4 is 0 Å². The second-order valence-electron chi connectivity index (χ2n) is 4.47. The number of ketones is 1. The summed E-state index contributed by atoms with van der Waals surface area (Å²) >= 11 is 0. The summed E-state index contributed by atoms with van der Waals surface area (Å²) in [5.41, 5.74) is 0.362. The van der Waals surface area contributed by atoms with Crippen molar-refractivity contribution in [1.29, 1.82) is 0 Å². The summed E-state index contributed by atoms with van der Waals surface area (Å²) in [5.74, 6) is -0.587. The van der Waals surface area contributed by atoms with Gasteiger partial charge in [0, 0.05) is 11.8 Å². The van der Waals surface area contributed by atoms with E-state index in [1.807, 2.05) is 0 Å². The van der Waals surface area contributed by atoms with Crippen LogP contribution in [0.25, 0.3) is 0 Å². The van der Waals surface area contributed by atoms with Gasteiger partial charge in [0.2, 0.25) is 0 Å². The van der Waals surface area contributed by atoms with Gasteiger partial charge in [-0.2, -0.15) is 0 Å². The molecule has 1 aromatic rings. The van der Waals surface area contributed by atoms with Gasteiger partial charge in [0.25, 0.3) is 0 Å². The van der Waals surface area contributed by atoms with E-state index in [-0.39, 0.29) is 23.9 Å². The summed E-state index contributed by atoms with van der Waals surface area (Å²) in [7, 11) is 0. The fraction of sp³-hybridized carbons (Fsp3) is 0.500. The number of Topliss-reactive ketones (excluding diaryl/α,β-unsaturated/α-hetero) is 1. The smallest absolute Gasteiger partial charge is 0.170 e. The number of carbonyl (C=O) groups excluding carboxylic acids is 1. The lowest BCUT2D eigenvalue weighted by atomic mass is 9.84. The molecule has 3 rings (SSSR count). The first-order valence-electron chi connectivity index (χ1n) is 5.54. The first-order valence-corrected chi connectivity index (χ1v) is 5.54. The van der Waals surface area contributed by atoms with Crippen LogP contribution in [0.15, 0.2) is 18.5 Å². The third-order valence-corrected chi connectivity index (χ3v) is 3.43. The first-order chi connectivity index (χ1) is 7.74. The fourth-order valence-corrected chi connectivity index (χ4v) is 2.67. The average molecular weight is 221 g/mol. The molecule has 0 N–H and O–H groups in total. The molecule has 2 saturated heterocycles. The molecule has 2 aliphatic heterocycles. The summed E-state index contributed by atoms with van der Waals surface area (Å²) in [4.78, 5) is 15.8. The maximum absolute atomic E-state index is 13.0. The minimum absolute atomic E-state index is 0.0285. The van der Waals surface area contributed by atoms with Crippen molar-refractivity contribution in [3.8, 4) is 0 Å². The van der Waals surface area contributed by atoms with Crippen LogP contribution in [0.5, 0.6) is 0 Å². The van der Waals surface area contributed by atoms with E-state index in [1.165, 1.54) is 12.3 Å². The minimum atomic E-state index is -0.463. The van der Waals surface area contributed by atoms with Crippen LogP contribution in [0.4, 0.5) is 4.39 Å². The molecule has 0 spiro atoms. The van der Waals surface area contributed by atoms with Gasteiger partial charge < -0.3 is 4.74 Å². The third kappa shape index (κ3) is 1.53. The van der Waals surface area contributed by atoms with Crippen molar-refractivity contribution in [3.05, 3.63) is 29.8 Å². The van der Waals surface area contributed by atoms with Crippen LogP contribution in [-0.4, -0.2) is 23.0 Å². The van der Waals surface area contributed by atoms with Gasteiger partial charge in [-0.25, -0.2) is 4.39 Å². The quantitative estimate of drug-likeness (QED) is 0.717. The fourth-order valence-electron chi connectivity index (χ4n) is 2.67. The molecule has 3 unspecified atom stereocenters. The number of carbonyl (C=O) groups is 1. The molecule has 0 aliphatic carbocycles. The summed E-state index contributed by atoms with van der Waals surface area (Å²) in [6.07, 6.45) is 5.59. The summed E-state index contributed by atoms with van der Waals surface area (Å²) in [6, 6.07) is 1.25. The van der Waals surface area contributed by atoms with E-state index in [0.717, 1.165) is 25.5 Å². The highest BCUT2D eigenvalue weighted by atomic mass is 19.1. The van der Waals surface area contributed by atoms with Gasteiger partial charge in [0.15, 0.2) is 5.78 Å². The Bertz CT molecular complexity index is 435. The van der Waals surface area contributed by atoms with Crippen molar-refractivity contribution in [2.45, 2.75) is 31.5 Å². The molecule has 3 nitrogen and oxygen atoms in total. The molecule has 1 aromatic heterocycles. The second kappa shape index (κ2) is 3.63. The zero-order chi connectivity index (χ0) is 11.1. The number of rotatable bonds is 2. The largest absolute Gasteiger partial charge is 0.374 e. The van der Waals surface area contributed by atoms with Gasteiger partial charge in [-0.15, -0.1) is 0 Å². The topological polar surface area (TPSA) is 39.2 Å². The molecule has 84 valence electrons. The van der Waals surface area contributed by atoms with Gasteiger partial charge in [-0.3, -0.25) is 9.78 Å². The summed E-state index contributed by atoms with van der Waals surface area (Å²) < 4.78 is 18.6. The van der Waals surface area contributed by atoms with E-state index in [2.05, 4.69) is 4.98 Å². The number of aromatic nitrogens is 1. The number of hydrogen-bond acceptors (Lipinski definition) is 3. The molecule has 4 heteroatoms. The highest BCUT2D eigenvalue weighted by Gasteiger charge is 2.44. The Balaban J connectivity index is 1.83. The maximum Gasteiger partial charge on any atom is 0.170 e. The van der Waals surface area contributed by atoms with E-state index in [4.69, 9.17) is 4.74 Å². The minimum Gasteiger partial charge on any atom is -0.374 e. The molecular weight excluding hydrogens is 209 g/mol. The van der Waals surface area contributed by atoms with Crippen molar-refractivity contribution in [2.75, 3.05) is 0 Å². The van der Waals surface area contributed by atoms with Crippen molar-refractivity contribution < 1.29 is 13.9 Å². The molecule has 0 radical (unpaired) electrons. The van der Waals surface area contributed by atoms with Crippen LogP contribution in [0.2, 0.25) is 0 Å². The Morgan fingerprint density at radius 3 is 2.94 bits per heavy atom. The van der Waals surface area contributed by atoms with Gasteiger partial charge >= 0.3 is 0 Å². The van der Waals surface area contributed by atoms with Crippen molar-refractivity contribution in [1.82, 2.24) is 4.98 Å². The van der Waals surface area contributed by atoms with Crippen molar-refractivity contribution in [3.63, 3.8) is 0 Å². The summed E-state index contributed by atoms with van der Waals surface area (Å²) in [5, 5.41) is 0. The van der Waals surface area contributed by atoms with Crippen LogP contribution >= 0.6 is 0 Å². The summed E-state index contributed by atoms with van der Waals surface area (Å²) in [6.45, 7) is 0. The second-order valence-corrected chi connectivity index (χ2v) is 4.47. The molecule has 0 saturated carbocycles. The number of nitrogens with zero attached hydrogens (tertiary/aromatic N) is 1. The zero-order valence-electron chi connectivity index (χ0n) is 8.73. The molecular formula is C12H12FNO2. The van der Waals surface area contributed by atoms with Crippen molar-refractivity contribution in [2.24, 2.45) is 5.92 Å². The van der Waals surface area contributed by atoms with E-state index in [0.29, 0.717) is 5.56 Å². The molecule has 2 fully saturated rings. The molecule has 0 aromatic carbocycles. The molecule has 16 heavy (non-hydrogen) atoms. The van der Waals surface area contributed by atoms with Crippen LogP contribution in [0.1, 0.15) is 29.6 Å². The standard InChI is InChI=1S/C12H12FNO2/c13-8-3-7(5-14-6-8)12(15)10-4-9-1-2-11(10)16-9/h3,5-6,9-11H,1-2,4H2. The Kier molecular flexibility index (Phi) is 2.24. The maximum atomic E-state index is 13.0. The zero-order valence-corrected chi connectivity index (χ0v) is 8.73. The van der Waals surface area contributed by atoms with E-state index >= 15 is 0 Å². The van der Waals surface area contributed by atoms with E-state index < -0.39 is 5.82 Å². The molecule has 0 amide bonds. The predicted octanol–water partition coefficient (Wildman–Crippen LogP) is 1.97. The monoisotopic (exact) mass is 221 g/mol. The Morgan fingerprint density at radius 2 is 2.31 bits per heavy atom. The normalized spacial score (nSPS) is 31.9. The van der Waals surface area contributed by atoms with Crippen LogP contribution in [0.3, 0.4) is 0 Å². The first kappa shape index (κ1) is 9.90. The van der Waals surface area contributed by atoms with Gasteiger partial charge in [0.1, 0.15) is 5.82 Å². The lowest BCUT2D eigenvalue weighted by Gasteiger charge is -2.16. The lowest BCUT2D eigenvalue weighted by Crippen LogP contribution is -2.25. The Hall–Kier alpha value is -1.29. The molecule has 3 atom stereocenters. The average Bonchev–Trinajstić information content (AvgIpc) is 2.89. The van der Waals surface area contributed by atoms with E-state index in [9.17, 15) is 9.18 Å². The van der Waals surface area contributed by atoms with Crippen LogP contribution in [0, 0.1) is 11.7 Å². The number of hydrogen-bond donors (Lipinski definition) is 0. The van der Waals surface area contributed by atoms with E-state index in [1.54, 1.807) is 0 Å². The highest BCUT2D eigenvalue weighted by Crippen LogP contribution is 2.40. The lowest BCUT2D eigenvalue weighted by molar-refractivity contribution is 0.0742. The SMILES string of the molecule is O=C(c1cncc(F)c1)C1CC2CCC1O2. The van der Waals surface area contributed by atoms with Crippen LogP contribution in [-0.2, 0) is 4.74 Å².